The van der Waals surface area contributed by atoms with Crippen molar-refractivity contribution in [1.29, 1.82) is 0 Å². The van der Waals surface area contributed by atoms with Gasteiger partial charge in [-0.25, -0.2) is 4.90 Å². The second kappa shape index (κ2) is 15.4. The lowest BCUT2D eigenvalue weighted by atomic mass is 9.90. The summed E-state index contributed by atoms with van der Waals surface area (Å²) in [5.41, 5.74) is 18.3. The first-order valence-electron chi connectivity index (χ1n) is 21.8. The molecule has 0 radical (unpaired) electrons. The molecule has 0 unspecified atom stereocenters. The number of benzene rings is 9. The van der Waals surface area contributed by atoms with E-state index in [1.165, 1.54) is 27.2 Å². The summed E-state index contributed by atoms with van der Waals surface area (Å²) < 4.78 is 2.27. The van der Waals surface area contributed by atoms with E-state index in [4.69, 9.17) is 0 Å². The monoisotopic (exact) mass is 824 g/mol. The molecule has 1 aliphatic rings. The lowest BCUT2D eigenvalue weighted by Gasteiger charge is -2.24. The number of carbonyl (C=O) groups excluding carboxylic acids is 2. The van der Waals surface area contributed by atoms with Crippen LogP contribution in [0.5, 0.6) is 0 Å². The van der Waals surface area contributed by atoms with Gasteiger partial charge in [0.15, 0.2) is 0 Å². The maximum absolute atomic E-state index is 15.9. The molecule has 1 aromatic heterocycles. The van der Waals surface area contributed by atoms with Crippen LogP contribution in [0.15, 0.2) is 194 Å². The summed E-state index contributed by atoms with van der Waals surface area (Å²) in [5, 5.41) is 2.14. The third-order valence-electron chi connectivity index (χ3n) is 12.6. The van der Waals surface area contributed by atoms with Gasteiger partial charge in [-0.2, -0.15) is 0 Å². The molecule has 0 bridgehead atoms. The molecule has 9 aromatic carbocycles. The summed E-state index contributed by atoms with van der Waals surface area (Å²) in [4.78, 5) is 32.7. The molecule has 11 rings (SSSR count). The standard InChI is InChI=1S/C60H44N2O2/c1-37-29-38(2)32-45(31-37)47-23-14-25-49-50-26-15-24-48(46-33-39(3)30-40(4)34-46)57(50)61(56(47)49)54-28-16-27-51-55(54)60(64)62(59(51)63)58-52(42-19-10-6-11-20-42)35-44(41-17-8-5-9-18-41)36-53(58)43-21-12-7-13-22-43/h5-36H,1-4H3. The van der Waals surface area contributed by atoms with Crippen LogP contribution in [0, 0.1) is 27.7 Å². The number of amides is 2. The van der Waals surface area contributed by atoms with Gasteiger partial charge in [0.05, 0.1) is 33.5 Å². The van der Waals surface area contributed by atoms with Crippen LogP contribution in [0.2, 0.25) is 0 Å². The summed E-state index contributed by atoms with van der Waals surface area (Å²) in [7, 11) is 0. The van der Waals surface area contributed by atoms with Crippen molar-refractivity contribution in [2.75, 3.05) is 4.90 Å². The fourth-order valence-electron chi connectivity index (χ4n) is 10.1. The van der Waals surface area contributed by atoms with Crippen LogP contribution in [-0.2, 0) is 0 Å². The van der Waals surface area contributed by atoms with Crippen LogP contribution in [0.4, 0.5) is 5.69 Å². The number of imide groups is 1. The van der Waals surface area contributed by atoms with Crippen molar-refractivity contribution >= 4 is 39.3 Å². The maximum atomic E-state index is 15.9. The van der Waals surface area contributed by atoms with Gasteiger partial charge in [-0.3, -0.25) is 9.59 Å². The lowest BCUT2D eigenvalue weighted by Crippen LogP contribution is -2.30. The second-order valence-corrected chi connectivity index (χ2v) is 17.2. The molecule has 1 aliphatic heterocycles. The Morgan fingerprint density at radius 1 is 0.328 bits per heavy atom. The Labute approximate surface area is 373 Å². The van der Waals surface area contributed by atoms with E-state index in [0.717, 1.165) is 77.4 Å². The average molecular weight is 825 g/mol. The third-order valence-corrected chi connectivity index (χ3v) is 12.6. The van der Waals surface area contributed by atoms with Crippen molar-refractivity contribution in [3.63, 3.8) is 0 Å². The van der Waals surface area contributed by atoms with Crippen LogP contribution in [-0.4, -0.2) is 16.4 Å². The Morgan fingerprint density at radius 3 is 1.22 bits per heavy atom. The normalized spacial score (nSPS) is 12.4. The van der Waals surface area contributed by atoms with Crippen LogP contribution in [0.1, 0.15) is 43.0 Å². The summed E-state index contributed by atoms with van der Waals surface area (Å²) >= 11 is 0. The predicted octanol–water partition coefficient (Wildman–Crippen LogP) is 15.2. The number of para-hydroxylation sites is 2. The van der Waals surface area contributed by atoms with E-state index in [-0.39, 0.29) is 11.8 Å². The van der Waals surface area contributed by atoms with E-state index in [0.29, 0.717) is 22.5 Å². The van der Waals surface area contributed by atoms with Crippen molar-refractivity contribution in [3.05, 3.63) is 228 Å². The molecule has 2 heterocycles. The van der Waals surface area contributed by atoms with E-state index in [1.54, 1.807) is 0 Å². The highest BCUT2D eigenvalue weighted by Gasteiger charge is 2.42. The number of nitrogens with zero attached hydrogens (tertiary/aromatic N) is 2. The van der Waals surface area contributed by atoms with Gasteiger partial charge >= 0.3 is 0 Å². The molecule has 0 aliphatic carbocycles. The summed E-state index contributed by atoms with van der Waals surface area (Å²) in [5.74, 6) is -0.714. The van der Waals surface area contributed by atoms with Crippen molar-refractivity contribution in [1.82, 2.24) is 4.57 Å². The molecule has 0 fully saturated rings. The Balaban J connectivity index is 1.22. The van der Waals surface area contributed by atoms with E-state index >= 15 is 9.59 Å². The van der Waals surface area contributed by atoms with Gasteiger partial charge in [0.25, 0.3) is 11.8 Å². The first kappa shape index (κ1) is 38.8. The highest BCUT2D eigenvalue weighted by atomic mass is 16.2. The molecule has 0 atom stereocenters. The molecule has 0 spiro atoms. The Hall–Kier alpha value is -8.08. The highest BCUT2D eigenvalue weighted by Crippen LogP contribution is 2.48. The van der Waals surface area contributed by atoms with Gasteiger partial charge in [-0.1, -0.05) is 192 Å². The van der Waals surface area contributed by atoms with Crippen LogP contribution in [0.25, 0.3) is 83.1 Å². The summed E-state index contributed by atoms with van der Waals surface area (Å²) in [6.45, 7) is 8.53. The molecule has 2 amide bonds. The molecule has 4 heteroatoms. The average Bonchev–Trinajstić information content (AvgIpc) is 3.79. The van der Waals surface area contributed by atoms with Crippen molar-refractivity contribution < 1.29 is 9.59 Å². The van der Waals surface area contributed by atoms with Crippen molar-refractivity contribution in [2.45, 2.75) is 27.7 Å². The molecule has 64 heavy (non-hydrogen) atoms. The fraction of sp³-hybridized carbons (Fsp3) is 0.0667. The summed E-state index contributed by atoms with van der Waals surface area (Å²) in [6.07, 6.45) is 0. The molecule has 4 nitrogen and oxygen atoms in total. The van der Waals surface area contributed by atoms with Gasteiger partial charge in [0, 0.05) is 33.0 Å². The minimum Gasteiger partial charge on any atom is -0.307 e. The number of anilines is 1. The number of hydrogen-bond donors (Lipinski definition) is 0. The zero-order valence-electron chi connectivity index (χ0n) is 36.2. The quantitative estimate of drug-likeness (QED) is 0.150. The molecular formula is C60H44N2O2. The smallest absolute Gasteiger partial charge is 0.268 e. The van der Waals surface area contributed by atoms with E-state index in [1.807, 2.05) is 97.1 Å². The Kier molecular flexibility index (Phi) is 9.32. The van der Waals surface area contributed by atoms with E-state index < -0.39 is 0 Å². The third kappa shape index (κ3) is 6.37. The molecule has 10 aromatic rings. The van der Waals surface area contributed by atoms with Gasteiger partial charge in [0.2, 0.25) is 0 Å². The number of rotatable bonds is 7. The lowest BCUT2D eigenvalue weighted by molar-refractivity contribution is 0.0926. The minimum atomic E-state index is -0.361. The van der Waals surface area contributed by atoms with Gasteiger partial charge in [-0.15, -0.1) is 0 Å². The SMILES string of the molecule is Cc1cc(C)cc(-c2cccc3c4cccc(-c5cc(C)cc(C)c5)c4n(-c4cccc5c4C(=O)N(c4c(-c6ccccc6)cc(-c6ccccc6)cc4-c4ccccc4)C5=O)c23)c1. The molecule has 0 saturated carbocycles. The molecular weight excluding hydrogens is 781 g/mol. The van der Waals surface area contributed by atoms with E-state index in [2.05, 4.69) is 129 Å². The Morgan fingerprint density at radius 2 is 0.750 bits per heavy atom. The van der Waals surface area contributed by atoms with Crippen molar-refractivity contribution in [3.8, 4) is 61.3 Å². The first-order valence-corrected chi connectivity index (χ1v) is 21.8. The van der Waals surface area contributed by atoms with Gasteiger partial charge < -0.3 is 4.57 Å². The minimum absolute atomic E-state index is 0.353. The first-order chi connectivity index (χ1) is 31.2. The number of carbonyl (C=O) groups is 2. The fourth-order valence-corrected chi connectivity index (χ4v) is 10.1. The highest BCUT2D eigenvalue weighted by molar-refractivity contribution is 6.37. The molecule has 0 N–H and O–H groups in total. The van der Waals surface area contributed by atoms with Crippen LogP contribution in [0.3, 0.4) is 0 Å². The molecule has 0 saturated heterocycles. The second-order valence-electron chi connectivity index (χ2n) is 17.2. The van der Waals surface area contributed by atoms with Crippen LogP contribution < -0.4 is 4.90 Å². The number of fused-ring (bicyclic) bond motifs is 4. The topological polar surface area (TPSA) is 42.3 Å². The summed E-state index contributed by atoms with van der Waals surface area (Å²) in [6, 6.07) is 66.7. The van der Waals surface area contributed by atoms with Crippen molar-refractivity contribution in [2.24, 2.45) is 0 Å². The zero-order valence-corrected chi connectivity index (χ0v) is 36.2. The number of aromatic nitrogens is 1. The largest absolute Gasteiger partial charge is 0.307 e. The van der Waals surface area contributed by atoms with Gasteiger partial charge in [-0.05, 0) is 85.3 Å². The number of hydrogen-bond acceptors (Lipinski definition) is 2. The Bertz CT molecular complexity index is 3300. The zero-order chi connectivity index (χ0) is 43.6. The number of aryl methyl sites for hydroxylation is 4. The maximum Gasteiger partial charge on any atom is 0.268 e. The van der Waals surface area contributed by atoms with Gasteiger partial charge in [0.1, 0.15) is 0 Å². The predicted molar refractivity (Wildman–Crippen MR) is 264 cm³/mol. The van der Waals surface area contributed by atoms with E-state index in [9.17, 15) is 0 Å². The molecule has 306 valence electrons. The van der Waals surface area contributed by atoms with Crippen LogP contribution >= 0.6 is 0 Å².